The van der Waals surface area contributed by atoms with Crippen LogP contribution >= 0.6 is 23.1 Å². The van der Waals surface area contributed by atoms with Gasteiger partial charge in [-0.05, 0) is 42.8 Å². The van der Waals surface area contributed by atoms with E-state index < -0.39 is 10.0 Å². The largest absolute Gasteiger partial charge is 0.271 e. The molecule has 3 aromatic heterocycles. The number of rotatable bonds is 3. The zero-order chi connectivity index (χ0) is 17.6. The Balaban J connectivity index is 1.53. The number of piperidine rings is 1. The van der Waals surface area contributed by atoms with Gasteiger partial charge in [0, 0.05) is 30.4 Å². The SMILES string of the molecule is Cc1nsc(S(=O)(=O)N2CCC(c3cn4ncnc4cc3Cl)CC2)n1. The van der Waals surface area contributed by atoms with Crippen LogP contribution in [0.5, 0.6) is 0 Å². The molecule has 0 spiro atoms. The number of sulfonamides is 1. The lowest BCUT2D eigenvalue weighted by Gasteiger charge is -2.30. The number of hydrogen-bond donors (Lipinski definition) is 0. The summed E-state index contributed by atoms with van der Waals surface area (Å²) in [5.74, 6) is 0.662. The monoisotopic (exact) mass is 398 g/mol. The van der Waals surface area contributed by atoms with Crippen LogP contribution in [0.1, 0.15) is 30.1 Å². The molecule has 1 fully saturated rings. The summed E-state index contributed by atoms with van der Waals surface area (Å²) in [4.78, 5) is 8.13. The van der Waals surface area contributed by atoms with Crippen molar-refractivity contribution in [1.29, 1.82) is 0 Å². The highest BCUT2D eigenvalue weighted by molar-refractivity contribution is 7.91. The highest BCUT2D eigenvalue weighted by Crippen LogP contribution is 2.34. The summed E-state index contributed by atoms with van der Waals surface area (Å²) in [6, 6.07) is 1.79. The standard InChI is InChI=1S/C14H15ClN6O2S2/c1-9-18-14(24-19-9)25(22,23)20-4-2-10(3-5-20)11-7-21-13(6-12(11)15)16-8-17-21/h6-8,10H,2-5H2,1H3. The Hall–Kier alpha value is -1.62. The van der Waals surface area contributed by atoms with Crippen LogP contribution in [0.4, 0.5) is 0 Å². The van der Waals surface area contributed by atoms with Crippen molar-refractivity contribution < 1.29 is 8.42 Å². The minimum Gasteiger partial charge on any atom is -0.221 e. The molecular formula is C14H15ClN6O2S2. The number of pyridine rings is 1. The second kappa shape index (κ2) is 6.27. The summed E-state index contributed by atoms with van der Waals surface area (Å²) in [6.07, 6.45) is 4.75. The molecule has 132 valence electrons. The van der Waals surface area contributed by atoms with Crippen molar-refractivity contribution in [3.05, 3.63) is 35.0 Å². The average molecular weight is 399 g/mol. The van der Waals surface area contributed by atoms with E-state index in [0.29, 0.717) is 42.4 Å². The number of fused-ring (bicyclic) bond motifs is 1. The van der Waals surface area contributed by atoms with Crippen LogP contribution < -0.4 is 0 Å². The van der Waals surface area contributed by atoms with E-state index in [-0.39, 0.29) is 10.3 Å². The molecule has 0 radical (unpaired) electrons. The van der Waals surface area contributed by atoms with Gasteiger partial charge in [-0.15, -0.1) is 0 Å². The van der Waals surface area contributed by atoms with Gasteiger partial charge in [0.2, 0.25) is 4.34 Å². The summed E-state index contributed by atoms with van der Waals surface area (Å²) in [5.41, 5.74) is 1.67. The molecule has 0 amide bonds. The normalized spacial score (nSPS) is 17.4. The average Bonchev–Trinajstić information content (AvgIpc) is 3.23. The Morgan fingerprint density at radius 1 is 1.32 bits per heavy atom. The van der Waals surface area contributed by atoms with Gasteiger partial charge in [0.15, 0.2) is 5.65 Å². The van der Waals surface area contributed by atoms with E-state index in [2.05, 4.69) is 19.4 Å². The van der Waals surface area contributed by atoms with Crippen molar-refractivity contribution in [3.8, 4) is 0 Å². The van der Waals surface area contributed by atoms with Crippen molar-refractivity contribution in [2.75, 3.05) is 13.1 Å². The summed E-state index contributed by atoms with van der Waals surface area (Å²) < 4.78 is 32.5. The predicted octanol–water partition coefficient (Wildman–Crippen LogP) is 2.11. The number of aryl methyl sites for hydroxylation is 1. The molecule has 0 unspecified atom stereocenters. The molecule has 1 saturated heterocycles. The van der Waals surface area contributed by atoms with Gasteiger partial charge in [-0.2, -0.15) is 13.8 Å². The Kier molecular flexibility index (Phi) is 4.22. The first-order chi connectivity index (χ1) is 11.9. The Labute approximate surface area is 153 Å². The number of aromatic nitrogens is 5. The maximum absolute atomic E-state index is 12.6. The number of nitrogens with zero attached hydrogens (tertiary/aromatic N) is 6. The Morgan fingerprint density at radius 3 is 2.76 bits per heavy atom. The topological polar surface area (TPSA) is 93.4 Å². The maximum Gasteiger partial charge on any atom is 0.271 e. The lowest BCUT2D eigenvalue weighted by molar-refractivity contribution is 0.319. The van der Waals surface area contributed by atoms with Crippen LogP contribution in [0.2, 0.25) is 5.02 Å². The first-order valence-corrected chi connectivity index (χ1v) is 10.3. The highest BCUT2D eigenvalue weighted by Gasteiger charge is 2.33. The lowest BCUT2D eigenvalue weighted by atomic mass is 9.91. The van der Waals surface area contributed by atoms with Crippen LogP contribution in [0.15, 0.2) is 22.9 Å². The molecule has 4 rings (SSSR count). The lowest BCUT2D eigenvalue weighted by Crippen LogP contribution is -2.38. The van der Waals surface area contributed by atoms with Crippen LogP contribution in [-0.2, 0) is 10.0 Å². The van der Waals surface area contributed by atoms with E-state index in [1.54, 1.807) is 17.5 Å². The molecule has 0 aromatic carbocycles. The molecule has 25 heavy (non-hydrogen) atoms. The summed E-state index contributed by atoms with van der Waals surface area (Å²) in [6.45, 7) is 2.54. The van der Waals surface area contributed by atoms with E-state index in [1.807, 2.05) is 6.20 Å². The van der Waals surface area contributed by atoms with Gasteiger partial charge in [-0.3, -0.25) is 0 Å². The van der Waals surface area contributed by atoms with Crippen molar-refractivity contribution in [3.63, 3.8) is 0 Å². The van der Waals surface area contributed by atoms with Gasteiger partial charge in [0.25, 0.3) is 10.0 Å². The third-order valence-corrected chi connectivity index (χ3v) is 7.72. The first-order valence-electron chi connectivity index (χ1n) is 7.74. The van der Waals surface area contributed by atoms with Crippen LogP contribution in [0.25, 0.3) is 5.65 Å². The van der Waals surface area contributed by atoms with Gasteiger partial charge in [-0.1, -0.05) is 11.6 Å². The molecule has 8 nitrogen and oxygen atoms in total. The molecule has 0 bridgehead atoms. The smallest absolute Gasteiger partial charge is 0.221 e. The van der Waals surface area contributed by atoms with Crippen molar-refractivity contribution in [2.24, 2.45) is 0 Å². The fraction of sp³-hybridized carbons (Fsp3) is 0.429. The zero-order valence-electron chi connectivity index (χ0n) is 13.3. The summed E-state index contributed by atoms with van der Waals surface area (Å²) >= 11 is 7.31. The minimum absolute atomic E-state index is 0.0607. The first kappa shape index (κ1) is 16.8. The highest BCUT2D eigenvalue weighted by atomic mass is 35.5. The van der Waals surface area contributed by atoms with Crippen LogP contribution in [0, 0.1) is 6.92 Å². The van der Waals surface area contributed by atoms with E-state index in [0.717, 1.165) is 17.1 Å². The quantitative estimate of drug-likeness (QED) is 0.670. The van der Waals surface area contributed by atoms with E-state index in [9.17, 15) is 8.42 Å². The van der Waals surface area contributed by atoms with Crippen LogP contribution in [-0.4, -0.2) is 49.8 Å². The van der Waals surface area contributed by atoms with Gasteiger partial charge in [-0.25, -0.2) is 22.9 Å². The summed E-state index contributed by atoms with van der Waals surface area (Å²) in [7, 11) is -3.56. The van der Waals surface area contributed by atoms with E-state index in [1.165, 1.54) is 10.6 Å². The molecule has 0 aliphatic carbocycles. The van der Waals surface area contributed by atoms with Gasteiger partial charge in [0.1, 0.15) is 12.2 Å². The fourth-order valence-electron chi connectivity index (χ4n) is 3.05. The molecule has 11 heteroatoms. The maximum atomic E-state index is 12.6. The second-order valence-corrected chi connectivity index (χ2v) is 9.20. The molecular weight excluding hydrogens is 384 g/mol. The molecule has 1 aliphatic heterocycles. The van der Waals surface area contributed by atoms with Crippen molar-refractivity contribution in [2.45, 2.75) is 30.0 Å². The van der Waals surface area contributed by atoms with Gasteiger partial charge >= 0.3 is 0 Å². The van der Waals surface area contributed by atoms with Crippen molar-refractivity contribution >= 4 is 38.8 Å². The fourth-order valence-corrected chi connectivity index (χ4v) is 5.74. The predicted molar refractivity (Wildman–Crippen MR) is 93.4 cm³/mol. The van der Waals surface area contributed by atoms with Gasteiger partial charge < -0.3 is 0 Å². The van der Waals surface area contributed by atoms with Crippen molar-refractivity contribution in [1.82, 2.24) is 28.3 Å². The van der Waals surface area contributed by atoms with E-state index in [4.69, 9.17) is 11.6 Å². The summed E-state index contributed by atoms with van der Waals surface area (Å²) in [5, 5.41) is 4.78. The number of halogens is 1. The molecule has 3 aromatic rings. The number of hydrogen-bond acceptors (Lipinski definition) is 7. The minimum atomic E-state index is -3.56. The zero-order valence-corrected chi connectivity index (χ0v) is 15.7. The third-order valence-electron chi connectivity index (χ3n) is 4.36. The Morgan fingerprint density at radius 2 is 2.08 bits per heavy atom. The second-order valence-electron chi connectivity index (χ2n) is 5.93. The molecule has 4 heterocycles. The Bertz CT molecular complexity index is 1020. The van der Waals surface area contributed by atoms with Crippen LogP contribution in [0.3, 0.4) is 0 Å². The molecule has 0 N–H and O–H groups in total. The third kappa shape index (κ3) is 3.03. The molecule has 0 saturated carbocycles. The molecule has 0 atom stereocenters. The molecule has 1 aliphatic rings. The van der Waals surface area contributed by atoms with Gasteiger partial charge in [0.05, 0.1) is 0 Å². The van der Waals surface area contributed by atoms with E-state index >= 15 is 0 Å².